The number of nitrogens with zero attached hydrogens (tertiary/aromatic N) is 2. The van der Waals surface area contributed by atoms with Crippen molar-refractivity contribution in [3.8, 4) is 5.75 Å². The van der Waals surface area contributed by atoms with Crippen LogP contribution in [0.25, 0.3) is 0 Å². The van der Waals surface area contributed by atoms with Crippen molar-refractivity contribution in [1.29, 1.82) is 0 Å². The van der Waals surface area contributed by atoms with E-state index in [1.54, 1.807) is 12.3 Å². The number of benzene rings is 1. The third-order valence-corrected chi connectivity index (χ3v) is 5.67. The Kier molecular flexibility index (Phi) is 8.08. The molecule has 162 valence electrons. The highest BCUT2D eigenvalue weighted by molar-refractivity contribution is 5.76. The highest BCUT2D eigenvalue weighted by Crippen LogP contribution is 2.14. The summed E-state index contributed by atoms with van der Waals surface area (Å²) in [5.74, 6) is 0.212. The zero-order chi connectivity index (χ0) is 21.3. The lowest BCUT2D eigenvalue weighted by Gasteiger charge is -2.27. The number of piperidine rings is 1. The Hall–Kier alpha value is -2.60. The fourth-order valence-electron chi connectivity index (χ4n) is 3.95. The molecule has 1 amide bonds. The van der Waals surface area contributed by atoms with Gasteiger partial charge in [0.2, 0.25) is 11.3 Å². The third-order valence-electron chi connectivity index (χ3n) is 5.67. The van der Waals surface area contributed by atoms with E-state index in [0.717, 1.165) is 31.6 Å². The Morgan fingerprint density at radius 2 is 1.90 bits per heavy atom. The van der Waals surface area contributed by atoms with E-state index < -0.39 is 0 Å². The predicted octanol–water partition coefficient (Wildman–Crippen LogP) is 2.98. The number of hydrogen-bond donors (Lipinski definition) is 1. The second-order valence-electron chi connectivity index (χ2n) is 8.15. The van der Waals surface area contributed by atoms with Crippen molar-refractivity contribution in [3.63, 3.8) is 0 Å². The molecule has 0 unspecified atom stereocenters. The lowest BCUT2D eigenvalue weighted by molar-refractivity contribution is -0.122. The molecular weight excluding hydrogens is 378 g/mol. The molecule has 1 aromatic heterocycles. The Bertz CT molecular complexity index is 873. The van der Waals surface area contributed by atoms with Gasteiger partial charge in [0.1, 0.15) is 6.54 Å². The van der Waals surface area contributed by atoms with Crippen LogP contribution in [0.4, 0.5) is 0 Å². The Labute approximate surface area is 178 Å². The van der Waals surface area contributed by atoms with Gasteiger partial charge in [0, 0.05) is 24.3 Å². The van der Waals surface area contributed by atoms with Crippen LogP contribution in [0, 0.1) is 0 Å². The summed E-state index contributed by atoms with van der Waals surface area (Å²) in [5, 5.41) is 3.09. The molecule has 0 saturated carbocycles. The lowest BCUT2D eigenvalue weighted by Crippen LogP contribution is -2.37. The number of amides is 1. The SMILES string of the molecule is COc1cn(CC(=O)N[C@@H](C)CCc2ccccc2)c(CN2CCCCC2)cc1=O. The van der Waals surface area contributed by atoms with Gasteiger partial charge < -0.3 is 14.6 Å². The van der Waals surface area contributed by atoms with E-state index >= 15 is 0 Å². The number of likely N-dealkylation sites (tertiary alicyclic amines) is 1. The Balaban J connectivity index is 1.62. The second-order valence-corrected chi connectivity index (χ2v) is 8.15. The van der Waals surface area contributed by atoms with Gasteiger partial charge in [0.15, 0.2) is 5.75 Å². The predicted molar refractivity (Wildman–Crippen MR) is 119 cm³/mol. The maximum Gasteiger partial charge on any atom is 0.240 e. The van der Waals surface area contributed by atoms with E-state index in [2.05, 4.69) is 22.3 Å². The molecule has 1 fully saturated rings. The maximum atomic E-state index is 12.7. The first kappa shape index (κ1) is 22.1. The van der Waals surface area contributed by atoms with Gasteiger partial charge in [-0.1, -0.05) is 36.8 Å². The average Bonchev–Trinajstić information content (AvgIpc) is 2.75. The minimum absolute atomic E-state index is 0.0545. The number of methoxy groups -OCH3 is 1. The van der Waals surface area contributed by atoms with Crippen LogP contribution in [0.3, 0.4) is 0 Å². The van der Waals surface area contributed by atoms with E-state index in [4.69, 9.17) is 4.74 Å². The number of carbonyl (C=O) groups is 1. The average molecular weight is 412 g/mol. The van der Waals surface area contributed by atoms with Gasteiger partial charge in [-0.3, -0.25) is 14.5 Å². The number of pyridine rings is 1. The number of hydrogen-bond acceptors (Lipinski definition) is 4. The molecule has 1 aliphatic heterocycles. The minimum Gasteiger partial charge on any atom is -0.491 e. The van der Waals surface area contributed by atoms with Crippen LogP contribution >= 0.6 is 0 Å². The standard InChI is InChI=1S/C24H33N3O3/c1-19(11-12-20-9-5-3-6-10-20)25-24(29)18-27-17-23(30-2)22(28)15-21(27)16-26-13-7-4-8-14-26/h3,5-6,9-10,15,17,19H,4,7-8,11-14,16,18H2,1-2H3,(H,25,29)/t19-/m0/s1. The van der Waals surface area contributed by atoms with Crippen LogP contribution in [0.2, 0.25) is 0 Å². The summed E-state index contributed by atoms with van der Waals surface area (Å²) in [5.41, 5.74) is 1.99. The topological polar surface area (TPSA) is 63.6 Å². The van der Waals surface area contributed by atoms with Crippen molar-refractivity contribution in [3.05, 3.63) is 64.1 Å². The molecule has 0 aliphatic carbocycles. The number of nitrogens with one attached hydrogen (secondary N) is 1. The Morgan fingerprint density at radius 3 is 2.60 bits per heavy atom. The van der Waals surface area contributed by atoms with Crippen molar-refractivity contribution in [2.45, 2.75) is 58.2 Å². The molecule has 0 spiro atoms. The van der Waals surface area contributed by atoms with Crippen molar-refractivity contribution in [1.82, 2.24) is 14.8 Å². The molecule has 6 nitrogen and oxygen atoms in total. The summed E-state index contributed by atoms with van der Waals surface area (Å²) in [4.78, 5) is 27.3. The number of aryl methyl sites for hydroxylation is 1. The van der Waals surface area contributed by atoms with Crippen molar-refractivity contribution in [2.24, 2.45) is 0 Å². The van der Waals surface area contributed by atoms with Crippen LogP contribution in [0.15, 0.2) is 47.4 Å². The zero-order valence-electron chi connectivity index (χ0n) is 18.1. The quantitative estimate of drug-likeness (QED) is 0.689. The van der Waals surface area contributed by atoms with Gasteiger partial charge in [-0.15, -0.1) is 0 Å². The molecular formula is C24H33N3O3. The summed E-state index contributed by atoms with van der Waals surface area (Å²) >= 11 is 0. The summed E-state index contributed by atoms with van der Waals surface area (Å²) in [6.07, 6.45) is 7.09. The number of aromatic nitrogens is 1. The van der Waals surface area contributed by atoms with E-state index in [-0.39, 0.29) is 29.7 Å². The van der Waals surface area contributed by atoms with Crippen molar-refractivity contribution >= 4 is 5.91 Å². The molecule has 1 aliphatic rings. The molecule has 0 radical (unpaired) electrons. The number of ether oxygens (including phenoxy) is 1. The monoisotopic (exact) mass is 411 g/mol. The first-order chi connectivity index (χ1) is 14.5. The molecule has 2 heterocycles. The van der Waals surface area contributed by atoms with Crippen molar-refractivity contribution < 1.29 is 9.53 Å². The zero-order valence-corrected chi connectivity index (χ0v) is 18.1. The molecule has 0 bridgehead atoms. The molecule has 1 atom stereocenters. The first-order valence-electron chi connectivity index (χ1n) is 10.9. The van der Waals surface area contributed by atoms with Crippen LogP contribution in [-0.4, -0.2) is 41.6 Å². The molecule has 30 heavy (non-hydrogen) atoms. The highest BCUT2D eigenvalue weighted by Gasteiger charge is 2.16. The van der Waals surface area contributed by atoms with Crippen LogP contribution in [0.1, 0.15) is 43.9 Å². The van der Waals surface area contributed by atoms with Gasteiger partial charge >= 0.3 is 0 Å². The van der Waals surface area contributed by atoms with Gasteiger partial charge in [0.25, 0.3) is 0 Å². The molecule has 3 rings (SSSR count). The van der Waals surface area contributed by atoms with E-state index in [1.807, 2.05) is 29.7 Å². The van der Waals surface area contributed by atoms with Crippen LogP contribution < -0.4 is 15.5 Å². The second kappa shape index (κ2) is 11.0. The van der Waals surface area contributed by atoms with E-state index in [0.29, 0.717) is 6.54 Å². The largest absolute Gasteiger partial charge is 0.491 e. The molecule has 1 N–H and O–H groups in total. The molecule has 2 aromatic rings. The lowest BCUT2D eigenvalue weighted by atomic mass is 10.1. The van der Waals surface area contributed by atoms with Gasteiger partial charge in [0.05, 0.1) is 13.3 Å². The third kappa shape index (κ3) is 6.46. The minimum atomic E-state index is -0.141. The summed E-state index contributed by atoms with van der Waals surface area (Å²) in [7, 11) is 1.48. The summed E-state index contributed by atoms with van der Waals surface area (Å²) in [6.45, 7) is 4.94. The number of rotatable bonds is 9. The molecule has 6 heteroatoms. The maximum absolute atomic E-state index is 12.7. The van der Waals surface area contributed by atoms with Crippen molar-refractivity contribution in [2.75, 3.05) is 20.2 Å². The van der Waals surface area contributed by atoms with Crippen LogP contribution in [0.5, 0.6) is 5.75 Å². The molecule has 1 saturated heterocycles. The molecule has 1 aromatic carbocycles. The van der Waals surface area contributed by atoms with Gasteiger partial charge in [-0.2, -0.15) is 0 Å². The van der Waals surface area contributed by atoms with E-state index in [9.17, 15) is 9.59 Å². The Morgan fingerprint density at radius 1 is 1.17 bits per heavy atom. The fraction of sp³-hybridized carbons (Fsp3) is 0.500. The van der Waals surface area contributed by atoms with Crippen LogP contribution in [-0.2, 0) is 24.3 Å². The normalized spacial score (nSPS) is 15.5. The van der Waals surface area contributed by atoms with Gasteiger partial charge in [-0.05, 0) is 51.3 Å². The number of carbonyl (C=O) groups excluding carboxylic acids is 1. The summed E-state index contributed by atoms with van der Waals surface area (Å²) in [6, 6.07) is 12.0. The highest BCUT2D eigenvalue weighted by atomic mass is 16.5. The smallest absolute Gasteiger partial charge is 0.240 e. The first-order valence-corrected chi connectivity index (χ1v) is 10.9. The van der Waals surface area contributed by atoms with E-state index in [1.165, 1.54) is 31.9 Å². The summed E-state index contributed by atoms with van der Waals surface area (Å²) < 4.78 is 7.06. The fourth-order valence-corrected chi connectivity index (χ4v) is 3.95. The van der Waals surface area contributed by atoms with Gasteiger partial charge in [-0.25, -0.2) is 0 Å².